The van der Waals surface area contributed by atoms with E-state index >= 15 is 0 Å². The van der Waals surface area contributed by atoms with Crippen LogP contribution in [0, 0.1) is 11.8 Å². The van der Waals surface area contributed by atoms with Crippen LogP contribution in [0.4, 0.5) is 0 Å². The zero-order valence-corrected chi connectivity index (χ0v) is 33.4. The number of hydrogen-bond acceptors (Lipinski definition) is 9. The van der Waals surface area contributed by atoms with Crippen molar-refractivity contribution >= 4 is 0 Å². The quantitative estimate of drug-likeness (QED) is 0.0928. The molecule has 0 aliphatic heterocycles. The van der Waals surface area contributed by atoms with Crippen molar-refractivity contribution in [3.8, 4) is 0 Å². The molecule has 9 nitrogen and oxygen atoms in total. The molecule has 0 aliphatic rings. The summed E-state index contributed by atoms with van der Waals surface area (Å²) in [6.45, 7) is 42.1. The molecule has 0 saturated carbocycles. The monoisotopic (exact) mass is 685 g/mol. The van der Waals surface area contributed by atoms with Gasteiger partial charge in [0.1, 0.15) is 0 Å². The van der Waals surface area contributed by atoms with E-state index in [1.165, 1.54) is 0 Å². The van der Waals surface area contributed by atoms with Crippen LogP contribution in [0.1, 0.15) is 125 Å². The van der Waals surface area contributed by atoms with E-state index in [0.29, 0.717) is 77.9 Å². The highest BCUT2D eigenvalue weighted by molar-refractivity contribution is 4.63. The topological polar surface area (TPSA) is 83.1 Å². The summed E-state index contributed by atoms with van der Waals surface area (Å²) in [4.78, 5) is 0. The van der Waals surface area contributed by atoms with Crippen LogP contribution in [-0.2, 0) is 42.6 Å². The van der Waals surface area contributed by atoms with Gasteiger partial charge in [-0.15, -0.1) is 0 Å². The minimum Gasteiger partial charge on any atom is -0.379 e. The molecular formula is C38H84O9. The smallest absolute Gasteiger partial charge is 0.0787 e. The fourth-order valence-corrected chi connectivity index (χ4v) is 3.52. The van der Waals surface area contributed by atoms with Gasteiger partial charge in [0.2, 0.25) is 0 Å². The van der Waals surface area contributed by atoms with Crippen molar-refractivity contribution in [2.24, 2.45) is 11.8 Å². The second kappa shape index (κ2) is 32.8. The van der Waals surface area contributed by atoms with Gasteiger partial charge in [0.15, 0.2) is 0 Å². The normalized spacial score (nSPS) is 13.4. The van der Waals surface area contributed by atoms with Crippen molar-refractivity contribution in [2.75, 3.05) is 85.9 Å². The lowest BCUT2D eigenvalue weighted by Gasteiger charge is -2.24. The van der Waals surface area contributed by atoms with Crippen LogP contribution in [0.5, 0.6) is 0 Å². The zero-order valence-electron chi connectivity index (χ0n) is 33.4. The summed E-state index contributed by atoms with van der Waals surface area (Å²) in [7, 11) is 0. The lowest BCUT2D eigenvalue weighted by molar-refractivity contribution is -0.0890. The number of rotatable bonds is 24. The molecule has 0 heterocycles. The van der Waals surface area contributed by atoms with E-state index in [4.69, 9.17) is 42.6 Å². The van der Waals surface area contributed by atoms with Crippen molar-refractivity contribution in [1.29, 1.82) is 0 Å². The zero-order chi connectivity index (χ0) is 36.1. The maximum absolute atomic E-state index is 5.72. The molecule has 0 spiro atoms. The Morgan fingerprint density at radius 1 is 0.383 bits per heavy atom. The summed E-state index contributed by atoms with van der Waals surface area (Å²) in [5.41, 5.74) is -0.268. The van der Waals surface area contributed by atoms with Gasteiger partial charge in [0, 0.05) is 19.8 Å². The van der Waals surface area contributed by atoms with E-state index in [2.05, 4.69) is 55.4 Å². The van der Waals surface area contributed by atoms with E-state index in [9.17, 15) is 0 Å². The average molecular weight is 685 g/mol. The Morgan fingerprint density at radius 2 is 0.681 bits per heavy atom. The van der Waals surface area contributed by atoms with E-state index in [1.807, 2.05) is 55.4 Å². The summed E-state index contributed by atoms with van der Waals surface area (Å²) < 4.78 is 49.3. The Kier molecular flexibility index (Phi) is 37.3. The third-order valence-electron chi connectivity index (χ3n) is 4.94. The molecule has 2 unspecified atom stereocenters. The minimum atomic E-state index is -0.100. The Balaban J connectivity index is -0.000000292. The molecule has 0 N–H and O–H groups in total. The number of hydrogen-bond donors (Lipinski definition) is 0. The molecule has 0 radical (unpaired) electrons. The third kappa shape index (κ3) is 58.2. The van der Waals surface area contributed by atoms with Gasteiger partial charge in [0.25, 0.3) is 0 Å². The van der Waals surface area contributed by atoms with E-state index in [1.54, 1.807) is 0 Å². The van der Waals surface area contributed by atoms with Crippen molar-refractivity contribution in [3.05, 3.63) is 0 Å². The van der Waals surface area contributed by atoms with Gasteiger partial charge in [-0.05, 0) is 94.4 Å². The third-order valence-corrected chi connectivity index (χ3v) is 4.94. The first-order chi connectivity index (χ1) is 21.2. The van der Waals surface area contributed by atoms with Crippen LogP contribution >= 0.6 is 0 Å². The Bertz CT molecular complexity index is 608. The lowest BCUT2D eigenvalue weighted by Crippen LogP contribution is -2.29. The summed E-state index contributed by atoms with van der Waals surface area (Å²) in [5, 5.41) is 0. The van der Waals surface area contributed by atoms with Gasteiger partial charge < -0.3 is 42.6 Å². The van der Waals surface area contributed by atoms with Gasteiger partial charge in [-0.25, -0.2) is 0 Å². The molecule has 0 amide bonds. The molecule has 0 aromatic rings. The Hall–Kier alpha value is -0.360. The van der Waals surface area contributed by atoms with Crippen molar-refractivity contribution in [2.45, 2.75) is 154 Å². The summed E-state index contributed by atoms with van der Waals surface area (Å²) in [5.74, 6) is 1.18. The van der Waals surface area contributed by atoms with Crippen LogP contribution in [0.15, 0.2) is 0 Å². The van der Waals surface area contributed by atoms with Crippen molar-refractivity contribution in [1.82, 2.24) is 0 Å². The summed E-state index contributed by atoms with van der Waals surface area (Å²) >= 11 is 0. The second-order valence-corrected chi connectivity index (χ2v) is 15.4. The first-order valence-corrected chi connectivity index (χ1v) is 17.6. The fourth-order valence-electron chi connectivity index (χ4n) is 3.52. The molecule has 0 aromatic heterocycles. The van der Waals surface area contributed by atoms with Gasteiger partial charge in [0.05, 0.1) is 95.1 Å². The lowest BCUT2D eigenvalue weighted by atomic mass is 10.2. The highest BCUT2D eigenvalue weighted by atomic mass is 16.6. The molecule has 290 valence electrons. The molecule has 0 saturated heterocycles. The summed E-state index contributed by atoms with van der Waals surface area (Å²) in [6, 6.07) is 0. The molecule has 2 atom stereocenters. The van der Waals surface area contributed by atoms with Crippen LogP contribution < -0.4 is 0 Å². The average Bonchev–Trinajstić information content (AvgIpc) is 2.87. The van der Waals surface area contributed by atoms with Gasteiger partial charge >= 0.3 is 0 Å². The van der Waals surface area contributed by atoms with Crippen LogP contribution in [0.2, 0.25) is 0 Å². The predicted molar refractivity (Wildman–Crippen MR) is 198 cm³/mol. The molecular weight excluding hydrogens is 600 g/mol. The number of ether oxygens (including phenoxy) is 9. The van der Waals surface area contributed by atoms with E-state index < -0.39 is 0 Å². The Morgan fingerprint density at radius 3 is 0.979 bits per heavy atom. The van der Waals surface area contributed by atoms with Crippen molar-refractivity contribution in [3.63, 3.8) is 0 Å². The summed E-state index contributed by atoms with van der Waals surface area (Å²) in [6.07, 6.45) is 1.32. The molecule has 0 rings (SSSR count). The standard InChI is InChI=1S/C13H28O3.2C12H26O3.CH4/c1-11(2)9-14-7-8-15-10-12(3)16-13(4,5)6;1-11(2)10-14-7-6-13-8-9-15-12(3,4)5;1-6-7-13-8-9-14-10-11(2)15-12(3,4)5;/h11-12H,7-10H2,1-6H3;2*11H,6-10H2,1-5H3;1H4. The minimum absolute atomic E-state index is 0. The van der Waals surface area contributed by atoms with Crippen LogP contribution in [0.3, 0.4) is 0 Å². The predicted octanol–water partition coefficient (Wildman–Crippen LogP) is 8.64. The first kappa shape index (κ1) is 53.4. The van der Waals surface area contributed by atoms with Gasteiger partial charge in [-0.1, -0.05) is 42.0 Å². The van der Waals surface area contributed by atoms with Crippen LogP contribution in [-0.4, -0.2) is 115 Å². The SMILES string of the molecule is C.CC(C)COCCOCC(C)OC(C)(C)C.CC(C)COCCOCCOC(C)(C)C.CCCOCCOCC(C)OC(C)(C)C. The molecule has 0 aliphatic carbocycles. The maximum Gasteiger partial charge on any atom is 0.0787 e. The molecule has 0 aromatic carbocycles. The largest absolute Gasteiger partial charge is 0.379 e. The van der Waals surface area contributed by atoms with Gasteiger partial charge in [-0.2, -0.15) is 0 Å². The molecule has 0 bridgehead atoms. The molecule has 47 heavy (non-hydrogen) atoms. The fraction of sp³-hybridized carbons (Fsp3) is 1.00. The second-order valence-electron chi connectivity index (χ2n) is 15.4. The Labute approximate surface area is 293 Å². The van der Waals surface area contributed by atoms with E-state index in [0.717, 1.165) is 26.2 Å². The highest BCUT2D eigenvalue weighted by Crippen LogP contribution is 2.11. The highest BCUT2D eigenvalue weighted by Gasteiger charge is 2.16. The first-order valence-electron chi connectivity index (χ1n) is 17.6. The maximum atomic E-state index is 5.72. The van der Waals surface area contributed by atoms with E-state index in [-0.39, 0.29) is 36.4 Å². The molecule has 9 heteroatoms. The van der Waals surface area contributed by atoms with Gasteiger partial charge in [-0.3, -0.25) is 0 Å². The van der Waals surface area contributed by atoms with Crippen molar-refractivity contribution < 1.29 is 42.6 Å². The molecule has 0 fully saturated rings. The van der Waals surface area contributed by atoms with Crippen LogP contribution in [0.25, 0.3) is 0 Å².